The average Bonchev–Trinajstić information content (AvgIpc) is 1.41. The third kappa shape index (κ3) is 16.4. The highest BCUT2D eigenvalue weighted by atomic mass is 28.4. The van der Waals surface area contributed by atoms with E-state index in [1.54, 1.807) is 27.0 Å². The molecule has 0 aliphatic carbocycles. The third-order valence-corrected chi connectivity index (χ3v) is 35.1. The Bertz CT molecular complexity index is 3600. The Morgan fingerprint density at radius 2 is 0.716 bits per heavy atom. The van der Waals surface area contributed by atoms with Crippen LogP contribution >= 0.6 is 0 Å². The van der Waals surface area contributed by atoms with Crippen molar-refractivity contribution in [1.82, 2.24) is 0 Å². The van der Waals surface area contributed by atoms with Gasteiger partial charge in [-0.2, -0.15) is 17.6 Å². The van der Waals surface area contributed by atoms with E-state index in [1.165, 1.54) is 24.6 Å². The number of aliphatic hydroxyl groups excluding tert-OH is 1. The standard InChI is InChI=1S/C28H36F2O5Si.C27H36O5Si.C25H31BF2O4Si/c1-26(2,3)36(20-13-9-7-10-14-20,21-15-11-8-12-16-21)32-19-28(18-17-22(29)30)24(31-6)23-25(35-28)34-27(4,5)33-23;1-8-27(23(28-7)22-24(32-27)31-26(5,6)30-22)19-29-33(25(2,3)4,20-15-11-9-12-16-20)21-17-13-10-14-18-21;1-24(2,3)33(18-11-7-5-8-12-18,19-13-9-6-10-14-19)31-17-25(16-15-20(27)28)22(30-4)21(29)23(26)32-25/h7-17,23-25H,18-19H2,1-6H3;8-18,22-24H,1,19H2,2-7H3;5-15,21-23,29H,16-17H2,1-4H3/t23-,24+,25+,28-;22-,23+,24+,27-;21-,22+,23-,25-/m111/s1. The molecule has 0 saturated carbocycles. The molecule has 5 fully saturated rings. The van der Waals surface area contributed by atoms with Crippen molar-refractivity contribution in [3.8, 4) is 0 Å². The summed E-state index contributed by atoms with van der Waals surface area (Å²) in [5, 5.41) is 16.5. The molecule has 6 aromatic carbocycles. The molecule has 5 aliphatic heterocycles. The Morgan fingerprint density at radius 1 is 0.431 bits per heavy atom. The van der Waals surface area contributed by atoms with Crippen LogP contribution in [-0.4, -0.2) is 163 Å². The molecule has 0 aromatic heterocycles. The molecule has 12 atom stereocenters. The van der Waals surface area contributed by atoms with Crippen LogP contribution in [0.25, 0.3) is 0 Å². The summed E-state index contributed by atoms with van der Waals surface area (Å²) in [6.45, 7) is 31.3. The molecular formula is C80H103BF4O14Si3. The number of aliphatic hydroxyl groups is 1. The average molecular weight is 1460 g/mol. The van der Waals surface area contributed by atoms with Gasteiger partial charge in [-0.05, 0) is 86.1 Å². The van der Waals surface area contributed by atoms with Gasteiger partial charge in [0.25, 0.3) is 37.1 Å². The normalized spacial score (nSPS) is 27.5. The summed E-state index contributed by atoms with van der Waals surface area (Å²) in [7, 11) is 1.91. The second-order valence-electron chi connectivity index (χ2n) is 30.8. The van der Waals surface area contributed by atoms with Crippen molar-refractivity contribution < 1.29 is 83.3 Å². The molecule has 5 aliphatic rings. The summed E-state index contributed by atoms with van der Waals surface area (Å²) in [5.74, 6) is -1.59. The first-order valence-electron chi connectivity index (χ1n) is 34.8. The van der Waals surface area contributed by atoms with Gasteiger partial charge in [-0.25, -0.2) is 0 Å². The van der Waals surface area contributed by atoms with Crippen molar-refractivity contribution >= 4 is 63.9 Å². The molecule has 5 saturated heterocycles. The predicted molar refractivity (Wildman–Crippen MR) is 398 cm³/mol. The summed E-state index contributed by atoms with van der Waals surface area (Å²) in [6, 6.07) is 60.3. The number of hydrogen-bond donors (Lipinski definition) is 1. The number of methoxy groups -OCH3 is 3. The van der Waals surface area contributed by atoms with Gasteiger partial charge in [0.05, 0.1) is 19.8 Å². The number of rotatable bonds is 23. The molecule has 2 radical (unpaired) electrons. The van der Waals surface area contributed by atoms with Crippen LogP contribution in [0.1, 0.15) is 103 Å². The first-order chi connectivity index (χ1) is 48.1. The highest BCUT2D eigenvalue weighted by molar-refractivity contribution is 7.00. The molecule has 102 heavy (non-hydrogen) atoms. The lowest BCUT2D eigenvalue weighted by Gasteiger charge is -2.45. The third-order valence-electron chi connectivity index (χ3n) is 20.1. The van der Waals surface area contributed by atoms with Gasteiger partial charge < -0.3 is 65.8 Å². The molecule has 22 heteroatoms. The Labute approximate surface area is 605 Å². The van der Waals surface area contributed by atoms with Crippen LogP contribution in [0.15, 0.2) is 219 Å². The van der Waals surface area contributed by atoms with Crippen molar-refractivity contribution in [1.29, 1.82) is 0 Å². The second kappa shape index (κ2) is 32.2. The van der Waals surface area contributed by atoms with Gasteiger partial charge in [0.2, 0.25) is 0 Å². The van der Waals surface area contributed by atoms with E-state index < -0.39 is 115 Å². The maximum atomic E-state index is 13.4. The van der Waals surface area contributed by atoms with E-state index in [-0.39, 0.29) is 53.9 Å². The molecular weight excluding hydrogens is 1360 g/mol. The zero-order valence-corrected chi connectivity index (χ0v) is 64.8. The number of hydrogen-bond acceptors (Lipinski definition) is 14. The molecule has 5 heterocycles. The monoisotopic (exact) mass is 1460 g/mol. The fourth-order valence-electron chi connectivity index (χ4n) is 15.7. The molecule has 0 spiro atoms. The Hall–Kier alpha value is -5.58. The van der Waals surface area contributed by atoms with Crippen LogP contribution < -0.4 is 31.1 Å². The molecule has 0 bridgehead atoms. The van der Waals surface area contributed by atoms with Crippen LogP contribution in [0.5, 0.6) is 0 Å². The molecule has 6 aromatic rings. The van der Waals surface area contributed by atoms with E-state index in [0.717, 1.165) is 32.9 Å². The summed E-state index contributed by atoms with van der Waals surface area (Å²) in [4.78, 5) is 0. The van der Waals surface area contributed by atoms with Crippen LogP contribution in [-0.2, 0) is 60.6 Å². The molecule has 0 amide bonds. The summed E-state index contributed by atoms with van der Waals surface area (Å²) in [6.07, 6.45) is -5.89. The van der Waals surface area contributed by atoms with E-state index in [2.05, 4.69) is 142 Å². The smallest absolute Gasteiger partial charge is 0.266 e. The fourth-order valence-corrected chi connectivity index (χ4v) is 29.5. The van der Waals surface area contributed by atoms with Gasteiger partial charge in [-0.1, -0.05) is 250 Å². The highest BCUT2D eigenvalue weighted by Gasteiger charge is 2.66. The van der Waals surface area contributed by atoms with Gasteiger partial charge in [0, 0.05) is 40.2 Å². The first-order valence-corrected chi connectivity index (χ1v) is 40.5. The Morgan fingerprint density at radius 3 is 1.00 bits per heavy atom. The van der Waals surface area contributed by atoms with Crippen LogP contribution in [0.2, 0.25) is 15.1 Å². The number of benzene rings is 6. The summed E-state index contributed by atoms with van der Waals surface area (Å²) >= 11 is 0. The van der Waals surface area contributed by atoms with E-state index in [9.17, 15) is 22.7 Å². The minimum absolute atomic E-state index is 0.0305. The molecule has 0 unspecified atom stereocenters. The minimum atomic E-state index is -2.97. The van der Waals surface area contributed by atoms with Crippen molar-refractivity contribution in [2.45, 2.75) is 202 Å². The molecule has 11 rings (SSSR count). The van der Waals surface area contributed by atoms with E-state index in [0.29, 0.717) is 0 Å². The van der Waals surface area contributed by atoms with Gasteiger partial charge in [0.1, 0.15) is 61.3 Å². The van der Waals surface area contributed by atoms with Gasteiger partial charge >= 0.3 is 0 Å². The maximum absolute atomic E-state index is 13.4. The number of halogens is 4. The molecule has 550 valence electrons. The fraction of sp³-hybridized carbons (Fsp3) is 0.475. The van der Waals surface area contributed by atoms with Crippen molar-refractivity contribution in [3.63, 3.8) is 0 Å². The summed E-state index contributed by atoms with van der Waals surface area (Å²) in [5.41, 5.74) is -3.49. The number of fused-ring (bicyclic) bond motifs is 2. The van der Waals surface area contributed by atoms with Gasteiger partial charge in [-0.15, -0.1) is 6.58 Å². The lowest BCUT2D eigenvalue weighted by atomic mass is 9.88. The Balaban J connectivity index is 0.000000178. The zero-order chi connectivity index (χ0) is 74.4. The van der Waals surface area contributed by atoms with Crippen molar-refractivity contribution in [2.24, 2.45) is 0 Å². The Kier molecular flexibility index (Phi) is 25.5. The largest absolute Gasteiger partial charge is 0.404 e. The van der Waals surface area contributed by atoms with E-state index >= 15 is 0 Å². The first kappa shape index (κ1) is 80.5. The number of ether oxygens (including phenoxy) is 10. The second-order valence-corrected chi connectivity index (χ2v) is 43.7. The zero-order valence-electron chi connectivity index (χ0n) is 61.8. The van der Waals surface area contributed by atoms with Gasteiger partial charge in [0.15, 0.2) is 24.2 Å². The van der Waals surface area contributed by atoms with Crippen molar-refractivity contribution in [2.75, 3.05) is 41.2 Å². The molecule has 1 N–H and O–H groups in total. The van der Waals surface area contributed by atoms with Crippen molar-refractivity contribution in [3.05, 3.63) is 219 Å². The van der Waals surface area contributed by atoms with E-state index in [4.69, 9.17) is 68.5 Å². The quantitative estimate of drug-likeness (QED) is 0.0370. The predicted octanol–water partition coefficient (Wildman–Crippen LogP) is 12.4. The van der Waals surface area contributed by atoms with Crippen LogP contribution in [0.3, 0.4) is 0 Å². The maximum Gasteiger partial charge on any atom is 0.266 e. The molecule has 14 nitrogen and oxygen atoms in total. The minimum Gasteiger partial charge on any atom is -0.404 e. The highest BCUT2D eigenvalue weighted by Crippen LogP contribution is 2.50. The topological polar surface area (TPSA) is 140 Å². The SMILES string of the molecule is C=C[C@]1(CO[Si](c2ccccc2)(c2ccccc2)C(C)(C)C)O[C@@H]2OC(C)(C)O[C@@H]2[C@@H]1OC.CO[C@H]1[C@H]2OC(C)(C)O[C@H]2O[C@]1(CC=C(F)F)CO[Si](c1ccccc1)(c1ccccc1)C(C)(C)C.[B][C@@H]1O[C@](CC=C(F)F)(CO[Si](c2ccccc2)(c2ccccc2)C(C)(C)C)[C@@H](OC)[C@H]1O. The lowest BCUT2D eigenvalue weighted by molar-refractivity contribution is -0.246. The van der Waals surface area contributed by atoms with Gasteiger partial charge in [-0.3, -0.25) is 0 Å². The van der Waals surface area contributed by atoms with Crippen LogP contribution in [0, 0.1) is 0 Å². The van der Waals surface area contributed by atoms with Crippen LogP contribution in [0.4, 0.5) is 17.6 Å². The lowest BCUT2D eigenvalue weighted by Crippen LogP contribution is -2.68. The van der Waals surface area contributed by atoms with E-state index in [1.807, 2.05) is 123 Å². The summed E-state index contributed by atoms with van der Waals surface area (Å²) < 4.78 is 134.